The minimum Gasteiger partial charge on any atom is -0.493 e. The molecule has 2 heterocycles. The van der Waals surface area contributed by atoms with Crippen molar-refractivity contribution in [3.05, 3.63) is 64.5 Å². The van der Waals surface area contributed by atoms with Crippen molar-refractivity contribution in [3.63, 3.8) is 0 Å². The molecule has 0 unspecified atom stereocenters. The number of ether oxygens (including phenoxy) is 3. The van der Waals surface area contributed by atoms with Gasteiger partial charge in [-0.2, -0.15) is 0 Å². The lowest BCUT2D eigenvalue weighted by Crippen LogP contribution is -2.37. The summed E-state index contributed by atoms with van der Waals surface area (Å²) in [4.78, 5) is 10.0. The van der Waals surface area contributed by atoms with E-state index in [0.717, 1.165) is 24.5 Å². The summed E-state index contributed by atoms with van der Waals surface area (Å²) in [7, 11) is 4.94. The SMILES string of the molecule is CN=C(NCCc1cccs1)NCc1ccc(Oc2c(OC)cccc2OC)nc1. The summed E-state index contributed by atoms with van der Waals surface area (Å²) in [6.07, 6.45) is 2.74. The molecular formula is C22H26N4O3S. The molecule has 0 amide bonds. The van der Waals surface area contributed by atoms with Gasteiger partial charge in [-0.25, -0.2) is 4.98 Å². The van der Waals surface area contributed by atoms with Crippen molar-refractivity contribution in [2.75, 3.05) is 27.8 Å². The van der Waals surface area contributed by atoms with Crippen molar-refractivity contribution in [1.29, 1.82) is 0 Å². The number of hydrogen-bond donors (Lipinski definition) is 2. The second-order valence-electron chi connectivity index (χ2n) is 6.28. The van der Waals surface area contributed by atoms with Crippen LogP contribution in [0.1, 0.15) is 10.4 Å². The predicted octanol–water partition coefficient (Wildman–Crippen LogP) is 3.86. The highest BCUT2D eigenvalue weighted by atomic mass is 32.1. The Morgan fingerprint density at radius 2 is 1.83 bits per heavy atom. The number of nitrogens with zero attached hydrogens (tertiary/aromatic N) is 2. The third-order valence-corrected chi connectivity index (χ3v) is 5.25. The molecule has 3 aromatic rings. The predicted molar refractivity (Wildman–Crippen MR) is 120 cm³/mol. The molecule has 30 heavy (non-hydrogen) atoms. The number of pyridine rings is 1. The van der Waals surface area contributed by atoms with Gasteiger partial charge < -0.3 is 24.8 Å². The first kappa shape index (κ1) is 21.4. The zero-order chi connectivity index (χ0) is 21.2. The Kier molecular flexibility index (Phi) is 7.91. The molecule has 1 aromatic carbocycles. The highest BCUT2D eigenvalue weighted by Gasteiger charge is 2.13. The third kappa shape index (κ3) is 5.87. The molecule has 0 radical (unpaired) electrons. The smallest absolute Gasteiger partial charge is 0.219 e. The highest BCUT2D eigenvalue weighted by Crippen LogP contribution is 2.39. The van der Waals surface area contributed by atoms with E-state index in [-0.39, 0.29) is 0 Å². The number of para-hydroxylation sites is 1. The zero-order valence-electron chi connectivity index (χ0n) is 17.3. The number of aliphatic imine (C=N–C) groups is 1. The second-order valence-corrected chi connectivity index (χ2v) is 7.31. The summed E-state index contributed by atoms with van der Waals surface area (Å²) >= 11 is 1.76. The van der Waals surface area contributed by atoms with Crippen molar-refractivity contribution in [3.8, 4) is 23.1 Å². The normalized spacial score (nSPS) is 11.1. The molecule has 0 aliphatic carbocycles. The van der Waals surface area contributed by atoms with Gasteiger partial charge >= 0.3 is 0 Å². The molecule has 2 N–H and O–H groups in total. The van der Waals surface area contributed by atoms with E-state index in [2.05, 4.69) is 38.1 Å². The number of hydrogen-bond acceptors (Lipinski definition) is 6. The van der Waals surface area contributed by atoms with Crippen LogP contribution in [0, 0.1) is 0 Å². The molecule has 0 saturated carbocycles. The molecule has 158 valence electrons. The number of thiophene rings is 1. The van der Waals surface area contributed by atoms with Gasteiger partial charge in [-0.3, -0.25) is 4.99 Å². The van der Waals surface area contributed by atoms with Gasteiger partial charge in [-0.05, 0) is 35.6 Å². The molecule has 0 spiro atoms. The highest BCUT2D eigenvalue weighted by molar-refractivity contribution is 7.09. The van der Waals surface area contributed by atoms with Crippen LogP contribution in [0.2, 0.25) is 0 Å². The number of methoxy groups -OCH3 is 2. The van der Waals surface area contributed by atoms with E-state index >= 15 is 0 Å². The fourth-order valence-electron chi connectivity index (χ4n) is 2.76. The molecule has 0 saturated heterocycles. The van der Waals surface area contributed by atoms with E-state index in [1.165, 1.54) is 4.88 Å². The van der Waals surface area contributed by atoms with E-state index in [0.29, 0.717) is 29.7 Å². The van der Waals surface area contributed by atoms with E-state index < -0.39 is 0 Å². The second kappa shape index (κ2) is 11.1. The molecule has 0 bridgehead atoms. The van der Waals surface area contributed by atoms with Crippen LogP contribution in [0.15, 0.2) is 59.0 Å². The Labute approximate surface area is 180 Å². The van der Waals surface area contributed by atoms with Gasteiger partial charge in [0.25, 0.3) is 0 Å². The monoisotopic (exact) mass is 426 g/mol. The minimum absolute atomic E-state index is 0.458. The Bertz CT molecular complexity index is 921. The molecule has 3 rings (SSSR count). The van der Waals surface area contributed by atoms with Crippen LogP contribution >= 0.6 is 11.3 Å². The Morgan fingerprint density at radius 1 is 1.03 bits per heavy atom. The van der Waals surface area contributed by atoms with Crippen LogP contribution in [0.5, 0.6) is 23.1 Å². The largest absolute Gasteiger partial charge is 0.493 e. The summed E-state index contributed by atoms with van der Waals surface area (Å²) in [6, 6.07) is 13.4. The average molecular weight is 427 g/mol. The minimum atomic E-state index is 0.458. The quantitative estimate of drug-likeness (QED) is 0.400. The lowest BCUT2D eigenvalue weighted by atomic mass is 10.3. The topological polar surface area (TPSA) is 77.0 Å². The van der Waals surface area contributed by atoms with Gasteiger partial charge in [-0.15, -0.1) is 11.3 Å². The average Bonchev–Trinajstić information content (AvgIpc) is 3.30. The molecule has 7 nitrogen and oxygen atoms in total. The summed E-state index contributed by atoms with van der Waals surface area (Å²) in [5.74, 6) is 2.88. The molecule has 8 heteroatoms. The van der Waals surface area contributed by atoms with Crippen LogP contribution in [0.25, 0.3) is 0 Å². The number of nitrogens with one attached hydrogen (secondary N) is 2. The van der Waals surface area contributed by atoms with Crippen LogP contribution < -0.4 is 24.8 Å². The molecule has 0 aliphatic heterocycles. The molecule has 0 atom stereocenters. The van der Waals surface area contributed by atoms with Gasteiger partial charge in [0.2, 0.25) is 11.6 Å². The Balaban J connectivity index is 1.53. The first-order valence-electron chi connectivity index (χ1n) is 9.54. The molecule has 2 aromatic heterocycles. The molecular weight excluding hydrogens is 400 g/mol. The lowest BCUT2D eigenvalue weighted by Gasteiger charge is -2.14. The zero-order valence-corrected chi connectivity index (χ0v) is 18.2. The summed E-state index contributed by atoms with van der Waals surface area (Å²) in [6.45, 7) is 1.43. The Morgan fingerprint density at radius 3 is 2.43 bits per heavy atom. The van der Waals surface area contributed by atoms with Gasteiger partial charge in [0.05, 0.1) is 14.2 Å². The van der Waals surface area contributed by atoms with Gasteiger partial charge in [0.15, 0.2) is 17.5 Å². The standard InChI is InChI=1S/C22H26N4O3S/c1-23-22(24-12-11-17-6-5-13-30-17)26-15-16-9-10-20(25-14-16)29-21-18(27-2)7-4-8-19(21)28-3/h4-10,13-14H,11-12,15H2,1-3H3,(H2,23,24,26). The summed E-state index contributed by atoms with van der Waals surface area (Å²) in [5.41, 5.74) is 1.01. The maximum Gasteiger partial charge on any atom is 0.219 e. The lowest BCUT2D eigenvalue weighted by molar-refractivity contribution is 0.342. The first-order valence-corrected chi connectivity index (χ1v) is 10.4. The van der Waals surface area contributed by atoms with E-state index in [4.69, 9.17) is 14.2 Å². The van der Waals surface area contributed by atoms with Gasteiger partial charge in [0.1, 0.15) is 0 Å². The molecule has 0 aliphatic rings. The fraction of sp³-hybridized carbons (Fsp3) is 0.273. The maximum absolute atomic E-state index is 5.90. The van der Waals surface area contributed by atoms with E-state index in [1.807, 2.05) is 30.3 Å². The van der Waals surface area contributed by atoms with Crippen molar-refractivity contribution >= 4 is 17.3 Å². The number of guanidine groups is 1. The van der Waals surface area contributed by atoms with Crippen LogP contribution in [0.3, 0.4) is 0 Å². The van der Waals surface area contributed by atoms with Crippen molar-refractivity contribution in [1.82, 2.24) is 15.6 Å². The first-order chi connectivity index (χ1) is 14.7. The van der Waals surface area contributed by atoms with Crippen LogP contribution in [-0.2, 0) is 13.0 Å². The van der Waals surface area contributed by atoms with Crippen molar-refractivity contribution < 1.29 is 14.2 Å². The molecule has 0 fully saturated rings. The summed E-state index contributed by atoms with van der Waals surface area (Å²) in [5, 5.41) is 8.70. The fourth-order valence-corrected chi connectivity index (χ4v) is 3.47. The van der Waals surface area contributed by atoms with Crippen molar-refractivity contribution in [2.24, 2.45) is 4.99 Å². The number of rotatable bonds is 9. The maximum atomic E-state index is 5.90. The van der Waals surface area contributed by atoms with Gasteiger partial charge in [0, 0.05) is 37.3 Å². The number of aromatic nitrogens is 1. The van der Waals surface area contributed by atoms with Gasteiger partial charge in [-0.1, -0.05) is 18.2 Å². The van der Waals surface area contributed by atoms with E-state index in [1.54, 1.807) is 38.8 Å². The summed E-state index contributed by atoms with van der Waals surface area (Å²) < 4.78 is 16.6. The van der Waals surface area contributed by atoms with Crippen LogP contribution in [-0.4, -0.2) is 38.8 Å². The van der Waals surface area contributed by atoms with Crippen molar-refractivity contribution in [2.45, 2.75) is 13.0 Å². The number of benzene rings is 1. The Hall–Kier alpha value is -3.26. The third-order valence-electron chi connectivity index (χ3n) is 4.31. The van der Waals surface area contributed by atoms with E-state index in [9.17, 15) is 0 Å². The van der Waals surface area contributed by atoms with Crippen LogP contribution in [0.4, 0.5) is 0 Å².